The molecule has 2 bridgehead atoms. The van der Waals surface area contributed by atoms with Gasteiger partial charge in [-0.25, -0.2) is 0 Å². The van der Waals surface area contributed by atoms with Crippen molar-refractivity contribution in [1.82, 2.24) is 5.32 Å². The standard InChI is InChI=1S/C12H15NO4S/c14-8(15)1-2-18-7-4-5-3-6(7)10-9(5)11(16)13-12(10)17/h5-7,9-10H,1-4H2,(H,14,15)(H,13,16,17). The van der Waals surface area contributed by atoms with Crippen molar-refractivity contribution in [2.75, 3.05) is 5.75 Å². The number of hydrogen-bond acceptors (Lipinski definition) is 4. The Kier molecular flexibility index (Phi) is 2.84. The topological polar surface area (TPSA) is 83.5 Å². The minimum Gasteiger partial charge on any atom is -0.481 e. The molecule has 2 saturated carbocycles. The predicted octanol–water partition coefficient (Wildman–Crippen LogP) is 0.491. The van der Waals surface area contributed by atoms with E-state index >= 15 is 0 Å². The zero-order chi connectivity index (χ0) is 12.9. The molecule has 5 atom stereocenters. The lowest BCUT2D eigenvalue weighted by Crippen LogP contribution is -2.32. The van der Waals surface area contributed by atoms with Crippen LogP contribution in [-0.4, -0.2) is 33.9 Å². The van der Waals surface area contributed by atoms with Crippen molar-refractivity contribution in [1.29, 1.82) is 0 Å². The lowest BCUT2D eigenvalue weighted by molar-refractivity contribution is -0.136. The van der Waals surface area contributed by atoms with Crippen LogP contribution < -0.4 is 5.32 Å². The van der Waals surface area contributed by atoms with Gasteiger partial charge in [0.2, 0.25) is 11.8 Å². The minimum absolute atomic E-state index is 0.0912. The van der Waals surface area contributed by atoms with Gasteiger partial charge in [0.25, 0.3) is 0 Å². The Bertz CT molecular complexity index is 424. The summed E-state index contributed by atoms with van der Waals surface area (Å²) in [6.45, 7) is 0. The number of carboxylic acids is 1. The van der Waals surface area contributed by atoms with Gasteiger partial charge in [-0.3, -0.25) is 19.7 Å². The van der Waals surface area contributed by atoms with Crippen LogP contribution in [0.1, 0.15) is 19.3 Å². The van der Waals surface area contributed by atoms with Gasteiger partial charge in [0, 0.05) is 11.0 Å². The maximum atomic E-state index is 11.7. The molecule has 0 spiro atoms. The van der Waals surface area contributed by atoms with Crippen LogP contribution in [0.3, 0.4) is 0 Å². The molecule has 5 nitrogen and oxygen atoms in total. The van der Waals surface area contributed by atoms with Gasteiger partial charge >= 0.3 is 5.97 Å². The Morgan fingerprint density at radius 3 is 2.72 bits per heavy atom. The van der Waals surface area contributed by atoms with Gasteiger partial charge in [-0.2, -0.15) is 11.8 Å². The molecule has 0 radical (unpaired) electrons. The molecule has 0 aromatic rings. The van der Waals surface area contributed by atoms with E-state index in [2.05, 4.69) is 5.32 Å². The van der Waals surface area contributed by atoms with Gasteiger partial charge in [-0.05, 0) is 24.7 Å². The molecule has 1 heterocycles. The number of carbonyl (C=O) groups excluding carboxylic acids is 2. The maximum absolute atomic E-state index is 11.7. The number of nitrogens with one attached hydrogen (secondary N) is 1. The molecule has 3 aliphatic rings. The van der Waals surface area contributed by atoms with E-state index in [0.29, 0.717) is 16.9 Å². The lowest BCUT2D eigenvalue weighted by Gasteiger charge is -2.27. The van der Waals surface area contributed by atoms with Crippen molar-refractivity contribution in [3.8, 4) is 0 Å². The van der Waals surface area contributed by atoms with Gasteiger partial charge in [-0.15, -0.1) is 0 Å². The van der Waals surface area contributed by atoms with Crippen LogP contribution in [-0.2, 0) is 14.4 Å². The molecule has 6 heteroatoms. The fraction of sp³-hybridized carbons (Fsp3) is 0.750. The Morgan fingerprint density at radius 2 is 2.00 bits per heavy atom. The summed E-state index contributed by atoms with van der Waals surface area (Å²) in [5, 5.41) is 11.4. The molecule has 98 valence electrons. The first-order chi connectivity index (χ1) is 8.58. The Hall–Kier alpha value is -1.04. The summed E-state index contributed by atoms with van der Waals surface area (Å²) in [7, 11) is 0. The average molecular weight is 269 g/mol. The van der Waals surface area contributed by atoms with Crippen LogP contribution >= 0.6 is 11.8 Å². The zero-order valence-corrected chi connectivity index (χ0v) is 10.6. The van der Waals surface area contributed by atoms with E-state index in [9.17, 15) is 14.4 Å². The normalized spacial score (nSPS) is 41.0. The molecule has 2 amide bonds. The maximum Gasteiger partial charge on any atom is 0.304 e. The second-order valence-electron chi connectivity index (χ2n) is 5.35. The SMILES string of the molecule is O=C(O)CCSC1CC2CC1C1C(=O)NC(=O)C21. The third-order valence-electron chi connectivity index (χ3n) is 4.44. The quantitative estimate of drug-likeness (QED) is 0.726. The number of hydrogen-bond donors (Lipinski definition) is 2. The van der Waals surface area contributed by atoms with E-state index in [-0.39, 0.29) is 36.0 Å². The van der Waals surface area contributed by atoms with Crippen LogP contribution in [0.2, 0.25) is 0 Å². The highest BCUT2D eigenvalue weighted by Crippen LogP contribution is 2.57. The van der Waals surface area contributed by atoms with E-state index in [4.69, 9.17) is 5.11 Å². The summed E-state index contributed by atoms with van der Waals surface area (Å²) in [6.07, 6.45) is 2.08. The monoisotopic (exact) mass is 269 g/mol. The van der Waals surface area contributed by atoms with Gasteiger partial charge in [0.15, 0.2) is 0 Å². The number of rotatable bonds is 4. The second-order valence-corrected chi connectivity index (χ2v) is 6.70. The Labute approximate surface area is 109 Å². The van der Waals surface area contributed by atoms with Gasteiger partial charge in [0.05, 0.1) is 18.3 Å². The third-order valence-corrected chi connectivity index (χ3v) is 5.85. The van der Waals surface area contributed by atoms with E-state index in [1.165, 1.54) is 0 Å². The van der Waals surface area contributed by atoms with Crippen LogP contribution in [0.5, 0.6) is 0 Å². The highest BCUT2D eigenvalue weighted by atomic mass is 32.2. The van der Waals surface area contributed by atoms with Crippen molar-refractivity contribution in [3.63, 3.8) is 0 Å². The van der Waals surface area contributed by atoms with E-state index in [1.54, 1.807) is 11.8 Å². The largest absolute Gasteiger partial charge is 0.481 e. The molecule has 0 aromatic heterocycles. The summed E-state index contributed by atoms with van der Waals surface area (Å²) < 4.78 is 0. The van der Waals surface area contributed by atoms with Gasteiger partial charge in [0.1, 0.15) is 0 Å². The summed E-state index contributed by atoms with van der Waals surface area (Å²) >= 11 is 1.66. The Balaban J connectivity index is 1.64. The van der Waals surface area contributed by atoms with Crippen LogP contribution in [0, 0.1) is 23.7 Å². The van der Waals surface area contributed by atoms with Gasteiger partial charge < -0.3 is 5.11 Å². The van der Waals surface area contributed by atoms with Crippen molar-refractivity contribution in [2.45, 2.75) is 24.5 Å². The highest BCUT2D eigenvalue weighted by Gasteiger charge is 2.61. The number of carboxylic acid groups (broad SMARTS) is 1. The molecule has 18 heavy (non-hydrogen) atoms. The summed E-state index contributed by atoms with van der Waals surface area (Å²) in [4.78, 5) is 33.9. The predicted molar refractivity (Wildman–Crippen MR) is 64.8 cm³/mol. The molecular formula is C12H15NO4S. The van der Waals surface area contributed by atoms with Gasteiger partial charge in [-0.1, -0.05) is 0 Å². The molecule has 0 aromatic carbocycles. The molecular weight excluding hydrogens is 254 g/mol. The first-order valence-corrected chi connectivity index (χ1v) is 7.31. The number of fused-ring (bicyclic) bond motifs is 5. The highest BCUT2D eigenvalue weighted by molar-refractivity contribution is 7.99. The average Bonchev–Trinajstić information content (AvgIpc) is 2.91. The molecule has 1 aliphatic heterocycles. The third kappa shape index (κ3) is 1.74. The first kappa shape index (κ1) is 12.0. The summed E-state index contributed by atoms with van der Waals surface area (Å²) in [5.74, 6) is -0.0304. The molecule has 1 saturated heterocycles. The van der Waals surface area contributed by atoms with Crippen molar-refractivity contribution in [3.05, 3.63) is 0 Å². The molecule has 2 aliphatic carbocycles. The lowest BCUT2D eigenvalue weighted by atomic mass is 9.81. The summed E-state index contributed by atoms with van der Waals surface area (Å²) in [5.41, 5.74) is 0. The minimum atomic E-state index is -0.780. The van der Waals surface area contributed by atoms with Crippen LogP contribution in [0.15, 0.2) is 0 Å². The zero-order valence-electron chi connectivity index (χ0n) is 9.80. The smallest absolute Gasteiger partial charge is 0.304 e. The van der Waals surface area contributed by atoms with Crippen molar-refractivity contribution in [2.24, 2.45) is 23.7 Å². The molecule has 3 rings (SSSR count). The molecule has 2 N–H and O–H groups in total. The first-order valence-electron chi connectivity index (χ1n) is 6.26. The summed E-state index contributed by atoms with van der Waals surface area (Å²) in [6, 6.07) is 0. The fourth-order valence-corrected chi connectivity index (χ4v) is 5.32. The number of amides is 2. The molecule has 5 unspecified atom stereocenters. The number of carbonyl (C=O) groups is 3. The van der Waals surface area contributed by atoms with Crippen molar-refractivity contribution >= 4 is 29.5 Å². The van der Waals surface area contributed by atoms with E-state index in [1.807, 2.05) is 0 Å². The van der Waals surface area contributed by atoms with E-state index < -0.39 is 5.97 Å². The van der Waals surface area contributed by atoms with Crippen LogP contribution in [0.25, 0.3) is 0 Å². The number of aliphatic carboxylic acids is 1. The molecule has 3 fully saturated rings. The van der Waals surface area contributed by atoms with Crippen LogP contribution in [0.4, 0.5) is 0 Å². The number of imide groups is 1. The van der Waals surface area contributed by atoms with Crippen molar-refractivity contribution < 1.29 is 19.5 Å². The Morgan fingerprint density at radius 1 is 1.28 bits per heavy atom. The number of thioether (sulfide) groups is 1. The fourth-order valence-electron chi connectivity index (χ4n) is 3.81. The van der Waals surface area contributed by atoms with E-state index in [0.717, 1.165) is 12.8 Å². The second kappa shape index (κ2) is 4.26.